The van der Waals surface area contributed by atoms with Crippen molar-refractivity contribution in [2.75, 3.05) is 34.3 Å². The van der Waals surface area contributed by atoms with Gasteiger partial charge in [0.05, 0.1) is 13.5 Å². The van der Waals surface area contributed by atoms with E-state index in [0.29, 0.717) is 19.0 Å². The summed E-state index contributed by atoms with van der Waals surface area (Å²) >= 11 is 0. The molecule has 0 aromatic heterocycles. The average Bonchev–Trinajstić information content (AvgIpc) is 2.02. The largest absolute Gasteiger partial charge is 0.469 e. The second-order valence-corrected chi connectivity index (χ2v) is 3.44. The summed E-state index contributed by atoms with van der Waals surface area (Å²) in [4.78, 5) is 12.8. The molecule has 0 fully saturated rings. The monoisotopic (exact) mass is 188 g/mol. The highest BCUT2D eigenvalue weighted by molar-refractivity contribution is 5.69. The number of ether oxygens (including phenoxy) is 1. The van der Waals surface area contributed by atoms with E-state index in [9.17, 15) is 4.79 Å². The van der Waals surface area contributed by atoms with Gasteiger partial charge in [0.1, 0.15) is 0 Å². The molecule has 13 heavy (non-hydrogen) atoms. The van der Waals surface area contributed by atoms with Crippen LogP contribution in [0.1, 0.15) is 13.3 Å². The highest BCUT2D eigenvalue weighted by Gasteiger charge is 2.04. The molecule has 0 saturated heterocycles. The molecule has 1 N–H and O–H groups in total. The second kappa shape index (κ2) is 6.86. The molecule has 0 aromatic carbocycles. The number of carbonyl (C=O) groups is 1. The molecule has 1 atom stereocenters. The first-order valence-corrected chi connectivity index (χ1v) is 4.51. The molecular formula is C9H20N2O2. The van der Waals surface area contributed by atoms with Crippen molar-refractivity contribution in [3.8, 4) is 0 Å². The Hall–Kier alpha value is -0.610. The van der Waals surface area contributed by atoms with Crippen LogP contribution in [0.4, 0.5) is 0 Å². The topological polar surface area (TPSA) is 41.6 Å². The van der Waals surface area contributed by atoms with Crippen molar-refractivity contribution in [3.63, 3.8) is 0 Å². The molecule has 0 heterocycles. The van der Waals surface area contributed by atoms with Crippen LogP contribution in [0.2, 0.25) is 0 Å². The summed E-state index contributed by atoms with van der Waals surface area (Å²) in [5.41, 5.74) is 0. The van der Waals surface area contributed by atoms with Crippen LogP contribution in [0.15, 0.2) is 0 Å². The molecule has 0 saturated carbocycles. The fourth-order valence-electron chi connectivity index (χ4n) is 1.13. The van der Waals surface area contributed by atoms with Crippen LogP contribution >= 0.6 is 0 Å². The van der Waals surface area contributed by atoms with Crippen LogP contribution in [0.3, 0.4) is 0 Å². The quantitative estimate of drug-likeness (QED) is 0.600. The van der Waals surface area contributed by atoms with E-state index in [-0.39, 0.29) is 5.97 Å². The Morgan fingerprint density at radius 3 is 2.62 bits per heavy atom. The molecule has 4 nitrogen and oxygen atoms in total. The Morgan fingerprint density at radius 1 is 1.54 bits per heavy atom. The number of nitrogens with one attached hydrogen (secondary N) is 1. The van der Waals surface area contributed by atoms with Crippen molar-refractivity contribution < 1.29 is 9.53 Å². The lowest BCUT2D eigenvalue weighted by Gasteiger charge is -2.17. The normalized spacial score (nSPS) is 13.0. The zero-order valence-electron chi connectivity index (χ0n) is 8.96. The first-order valence-electron chi connectivity index (χ1n) is 4.51. The Morgan fingerprint density at radius 2 is 2.15 bits per heavy atom. The number of carbonyl (C=O) groups excluding carboxylic acids is 1. The number of hydrogen-bond acceptors (Lipinski definition) is 4. The van der Waals surface area contributed by atoms with Gasteiger partial charge >= 0.3 is 5.97 Å². The maximum absolute atomic E-state index is 10.7. The molecule has 78 valence electrons. The van der Waals surface area contributed by atoms with Crippen molar-refractivity contribution in [1.29, 1.82) is 0 Å². The molecule has 0 amide bonds. The van der Waals surface area contributed by atoms with E-state index in [2.05, 4.69) is 21.9 Å². The van der Waals surface area contributed by atoms with Gasteiger partial charge in [-0.1, -0.05) is 0 Å². The summed E-state index contributed by atoms with van der Waals surface area (Å²) < 4.78 is 4.52. The van der Waals surface area contributed by atoms with E-state index in [4.69, 9.17) is 0 Å². The minimum Gasteiger partial charge on any atom is -0.469 e. The fourth-order valence-corrected chi connectivity index (χ4v) is 1.13. The summed E-state index contributed by atoms with van der Waals surface area (Å²) in [5.74, 6) is -0.162. The minimum atomic E-state index is -0.162. The molecule has 0 spiro atoms. The van der Waals surface area contributed by atoms with Gasteiger partial charge in [0, 0.05) is 19.1 Å². The summed E-state index contributed by atoms with van der Waals surface area (Å²) in [6, 6.07) is 0.402. The highest BCUT2D eigenvalue weighted by Crippen LogP contribution is 1.87. The van der Waals surface area contributed by atoms with Gasteiger partial charge in [-0.2, -0.15) is 0 Å². The number of esters is 1. The average molecular weight is 188 g/mol. The molecule has 0 aliphatic rings. The van der Waals surface area contributed by atoms with Crippen LogP contribution in [0, 0.1) is 0 Å². The van der Waals surface area contributed by atoms with Gasteiger partial charge in [0.2, 0.25) is 0 Å². The van der Waals surface area contributed by atoms with Gasteiger partial charge < -0.3 is 15.0 Å². The molecule has 0 aliphatic heterocycles. The molecule has 0 rings (SSSR count). The summed E-state index contributed by atoms with van der Waals surface area (Å²) in [6.07, 6.45) is 0.439. The maximum Gasteiger partial charge on any atom is 0.306 e. The predicted octanol–water partition coefficient (Wildman–Crippen LogP) is 0.0892. The Bertz CT molecular complexity index is 149. The molecule has 0 bridgehead atoms. The molecule has 0 radical (unpaired) electrons. The zero-order valence-corrected chi connectivity index (χ0v) is 8.96. The van der Waals surface area contributed by atoms with Gasteiger partial charge in [-0.3, -0.25) is 4.79 Å². The van der Waals surface area contributed by atoms with Crippen LogP contribution in [-0.4, -0.2) is 51.2 Å². The number of methoxy groups -OCH3 is 1. The first kappa shape index (κ1) is 12.4. The van der Waals surface area contributed by atoms with Gasteiger partial charge in [0.15, 0.2) is 0 Å². The Kier molecular flexibility index (Phi) is 6.54. The van der Waals surface area contributed by atoms with Crippen molar-refractivity contribution in [2.45, 2.75) is 19.4 Å². The number of rotatable bonds is 6. The first-order chi connectivity index (χ1) is 6.06. The van der Waals surface area contributed by atoms with Gasteiger partial charge in [0.25, 0.3) is 0 Å². The second-order valence-electron chi connectivity index (χ2n) is 3.44. The Labute approximate surface area is 80.2 Å². The van der Waals surface area contributed by atoms with Crippen molar-refractivity contribution in [1.82, 2.24) is 10.2 Å². The van der Waals surface area contributed by atoms with E-state index in [1.807, 2.05) is 14.1 Å². The standard InChI is InChI=1S/C9H20N2O2/c1-8(7-11(2)3)10-6-5-9(12)13-4/h8,10H,5-7H2,1-4H3. The van der Waals surface area contributed by atoms with E-state index < -0.39 is 0 Å². The SMILES string of the molecule is COC(=O)CCNC(C)CN(C)C. The van der Waals surface area contributed by atoms with Crippen LogP contribution in [-0.2, 0) is 9.53 Å². The predicted molar refractivity (Wildman–Crippen MR) is 52.7 cm³/mol. The minimum absolute atomic E-state index is 0.162. The van der Waals surface area contributed by atoms with E-state index in [1.54, 1.807) is 0 Å². The summed E-state index contributed by atoms with van der Waals surface area (Å²) in [7, 11) is 5.46. The Balaban J connectivity index is 3.36. The van der Waals surface area contributed by atoms with Crippen molar-refractivity contribution >= 4 is 5.97 Å². The molecular weight excluding hydrogens is 168 g/mol. The van der Waals surface area contributed by atoms with Crippen molar-refractivity contribution in [3.05, 3.63) is 0 Å². The van der Waals surface area contributed by atoms with Crippen LogP contribution in [0.5, 0.6) is 0 Å². The summed E-state index contributed by atoms with van der Waals surface area (Å²) in [6.45, 7) is 3.75. The fraction of sp³-hybridized carbons (Fsp3) is 0.889. The van der Waals surface area contributed by atoms with Gasteiger partial charge in [-0.15, -0.1) is 0 Å². The lowest BCUT2D eigenvalue weighted by atomic mass is 10.3. The number of likely N-dealkylation sites (N-methyl/N-ethyl adjacent to an activating group) is 1. The van der Waals surface area contributed by atoms with Crippen LogP contribution in [0.25, 0.3) is 0 Å². The molecule has 1 unspecified atom stereocenters. The third kappa shape index (κ3) is 7.74. The van der Waals surface area contributed by atoms with Gasteiger partial charge in [-0.05, 0) is 21.0 Å². The zero-order chi connectivity index (χ0) is 10.3. The van der Waals surface area contributed by atoms with Crippen molar-refractivity contribution in [2.24, 2.45) is 0 Å². The maximum atomic E-state index is 10.7. The van der Waals surface area contributed by atoms with E-state index in [1.165, 1.54) is 7.11 Å². The smallest absolute Gasteiger partial charge is 0.306 e. The number of nitrogens with zero attached hydrogens (tertiary/aromatic N) is 1. The van der Waals surface area contributed by atoms with E-state index in [0.717, 1.165) is 6.54 Å². The molecule has 0 aromatic rings. The lowest BCUT2D eigenvalue weighted by Crippen LogP contribution is -2.36. The molecule has 0 aliphatic carbocycles. The third-order valence-corrected chi connectivity index (χ3v) is 1.69. The summed E-state index contributed by atoms with van der Waals surface area (Å²) in [5, 5.41) is 3.24. The third-order valence-electron chi connectivity index (χ3n) is 1.69. The van der Waals surface area contributed by atoms with Gasteiger partial charge in [-0.25, -0.2) is 0 Å². The highest BCUT2D eigenvalue weighted by atomic mass is 16.5. The molecule has 4 heteroatoms. The van der Waals surface area contributed by atoms with E-state index >= 15 is 0 Å². The lowest BCUT2D eigenvalue weighted by molar-refractivity contribution is -0.140. The van der Waals surface area contributed by atoms with Crippen LogP contribution < -0.4 is 5.32 Å². The number of hydrogen-bond donors (Lipinski definition) is 1.